The van der Waals surface area contributed by atoms with Crippen LogP contribution < -0.4 is 0 Å². The van der Waals surface area contributed by atoms with Crippen LogP contribution in [-0.4, -0.2) is 41.9 Å². The van der Waals surface area contributed by atoms with E-state index >= 15 is 0 Å². The van der Waals surface area contributed by atoms with Gasteiger partial charge in [0.25, 0.3) is 0 Å². The number of hydrogen-bond donors (Lipinski definition) is 0. The third kappa shape index (κ3) is 3.13. The van der Waals surface area contributed by atoms with E-state index in [2.05, 4.69) is 11.9 Å². The lowest BCUT2D eigenvalue weighted by Crippen LogP contribution is -2.45. The van der Waals surface area contributed by atoms with Crippen LogP contribution in [0.5, 0.6) is 0 Å². The monoisotopic (exact) mass is 250 g/mol. The number of hydrogen-bond acceptors (Lipinski definition) is 3. The highest BCUT2D eigenvalue weighted by atomic mass is 16.3. The normalized spacial score (nSPS) is 17.9. The first-order valence-electron chi connectivity index (χ1n) is 6.71. The highest BCUT2D eigenvalue weighted by Gasteiger charge is 2.26. The number of amides is 1. The molecule has 0 aromatic carbocycles. The van der Waals surface area contributed by atoms with Gasteiger partial charge in [0.05, 0.1) is 12.8 Å². The van der Waals surface area contributed by atoms with Gasteiger partial charge in [-0.05, 0) is 45.1 Å². The van der Waals surface area contributed by atoms with Gasteiger partial charge in [-0.3, -0.25) is 4.79 Å². The molecule has 0 aliphatic carbocycles. The zero-order valence-electron chi connectivity index (χ0n) is 11.3. The van der Waals surface area contributed by atoms with Crippen LogP contribution >= 0.6 is 0 Å². The minimum atomic E-state index is 0.223. The molecule has 4 nitrogen and oxygen atoms in total. The Morgan fingerprint density at radius 1 is 1.50 bits per heavy atom. The van der Waals surface area contributed by atoms with Gasteiger partial charge in [-0.2, -0.15) is 0 Å². The zero-order chi connectivity index (χ0) is 13.0. The Bertz CT molecular complexity index is 367. The van der Waals surface area contributed by atoms with Gasteiger partial charge in [0.2, 0.25) is 5.91 Å². The molecule has 0 atom stereocenters. The number of carbonyl (C=O) groups excluding carboxylic acids is 1. The molecule has 0 bridgehead atoms. The first-order chi connectivity index (χ1) is 8.70. The number of nitrogens with zero attached hydrogens (tertiary/aromatic N) is 2. The van der Waals surface area contributed by atoms with Crippen LogP contribution in [0.25, 0.3) is 0 Å². The van der Waals surface area contributed by atoms with Crippen LogP contribution in [0.15, 0.2) is 22.8 Å². The van der Waals surface area contributed by atoms with Crippen LogP contribution in [0.1, 0.15) is 31.9 Å². The standard InChI is InChI=1S/C14H22N2O2/c1-3-14(17)16(11-13-5-4-10-18-13)12-6-8-15(2)9-7-12/h4-5,10,12H,3,6-9,11H2,1-2H3. The van der Waals surface area contributed by atoms with Crippen molar-refractivity contribution in [3.63, 3.8) is 0 Å². The molecule has 0 spiro atoms. The summed E-state index contributed by atoms with van der Waals surface area (Å²) in [7, 11) is 2.13. The molecule has 100 valence electrons. The molecular formula is C14H22N2O2. The maximum atomic E-state index is 12.1. The smallest absolute Gasteiger partial charge is 0.222 e. The topological polar surface area (TPSA) is 36.7 Å². The van der Waals surface area contributed by atoms with Crippen molar-refractivity contribution in [2.24, 2.45) is 0 Å². The molecule has 0 N–H and O–H groups in total. The number of likely N-dealkylation sites (tertiary alicyclic amines) is 1. The Balaban J connectivity index is 2.03. The van der Waals surface area contributed by atoms with Crippen molar-refractivity contribution < 1.29 is 9.21 Å². The van der Waals surface area contributed by atoms with Gasteiger partial charge in [-0.1, -0.05) is 6.92 Å². The van der Waals surface area contributed by atoms with Crippen LogP contribution in [0.3, 0.4) is 0 Å². The minimum absolute atomic E-state index is 0.223. The fourth-order valence-electron chi connectivity index (χ4n) is 2.50. The molecule has 18 heavy (non-hydrogen) atoms. The summed E-state index contributed by atoms with van der Waals surface area (Å²) in [4.78, 5) is 16.4. The predicted octanol–water partition coefficient (Wildman–Crippen LogP) is 2.11. The van der Waals surface area contributed by atoms with E-state index in [9.17, 15) is 4.79 Å². The van der Waals surface area contributed by atoms with E-state index in [4.69, 9.17) is 4.42 Å². The van der Waals surface area contributed by atoms with Gasteiger partial charge in [0, 0.05) is 12.5 Å². The largest absolute Gasteiger partial charge is 0.467 e. The molecule has 1 amide bonds. The van der Waals surface area contributed by atoms with E-state index in [0.29, 0.717) is 19.0 Å². The quantitative estimate of drug-likeness (QED) is 0.821. The first kappa shape index (κ1) is 13.1. The molecule has 1 fully saturated rings. The van der Waals surface area contributed by atoms with Crippen molar-refractivity contribution in [3.05, 3.63) is 24.2 Å². The molecule has 1 aliphatic heterocycles. The lowest BCUT2D eigenvalue weighted by Gasteiger charge is -2.37. The zero-order valence-corrected chi connectivity index (χ0v) is 11.3. The molecule has 0 saturated carbocycles. The van der Waals surface area contributed by atoms with Crippen LogP contribution in [-0.2, 0) is 11.3 Å². The Morgan fingerprint density at radius 3 is 2.78 bits per heavy atom. The Hall–Kier alpha value is -1.29. The van der Waals surface area contributed by atoms with Crippen molar-refractivity contribution in [1.29, 1.82) is 0 Å². The molecule has 1 aromatic rings. The predicted molar refractivity (Wildman–Crippen MR) is 70.1 cm³/mol. The molecule has 4 heteroatoms. The summed E-state index contributed by atoms with van der Waals surface area (Å²) in [6, 6.07) is 4.17. The van der Waals surface area contributed by atoms with Crippen molar-refractivity contribution in [2.45, 2.75) is 38.8 Å². The Labute approximate surface area is 109 Å². The van der Waals surface area contributed by atoms with E-state index in [1.807, 2.05) is 24.0 Å². The van der Waals surface area contributed by atoms with Gasteiger partial charge in [-0.15, -0.1) is 0 Å². The number of rotatable bonds is 4. The number of furan rings is 1. The van der Waals surface area contributed by atoms with Crippen molar-refractivity contribution in [3.8, 4) is 0 Å². The van der Waals surface area contributed by atoms with E-state index in [-0.39, 0.29) is 5.91 Å². The average Bonchev–Trinajstić information content (AvgIpc) is 2.89. The van der Waals surface area contributed by atoms with Crippen LogP contribution in [0.2, 0.25) is 0 Å². The molecule has 1 aromatic heterocycles. The summed E-state index contributed by atoms with van der Waals surface area (Å²) in [5.41, 5.74) is 0. The van der Waals surface area contributed by atoms with Crippen LogP contribution in [0.4, 0.5) is 0 Å². The SMILES string of the molecule is CCC(=O)N(Cc1ccco1)C1CCN(C)CC1. The lowest BCUT2D eigenvalue weighted by atomic mass is 10.0. The lowest BCUT2D eigenvalue weighted by molar-refractivity contribution is -0.135. The minimum Gasteiger partial charge on any atom is -0.467 e. The molecule has 0 radical (unpaired) electrons. The highest BCUT2D eigenvalue weighted by Crippen LogP contribution is 2.19. The second-order valence-electron chi connectivity index (χ2n) is 4.99. The van der Waals surface area contributed by atoms with Crippen molar-refractivity contribution in [1.82, 2.24) is 9.80 Å². The third-order valence-electron chi connectivity index (χ3n) is 3.66. The van der Waals surface area contributed by atoms with E-state index < -0.39 is 0 Å². The highest BCUT2D eigenvalue weighted by molar-refractivity contribution is 5.76. The van der Waals surface area contributed by atoms with Gasteiger partial charge < -0.3 is 14.2 Å². The van der Waals surface area contributed by atoms with E-state index in [1.165, 1.54) is 0 Å². The molecular weight excluding hydrogens is 228 g/mol. The summed E-state index contributed by atoms with van der Waals surface area (Å²) >= 11 is 0. The van der Waals surface area contributed by atoms with Crippen LogP contribution in [0, 0.1) is 0 Å². The molecule has 0 unspecified atom stereocenters. The second-order valence-corrected chi connectivity index (χ2v) is 4.99. The Kier molecular flexibility index (Phi) is 4.42. The summed E-state index contributed by atoms with van der Waals surface area (Å²) in [5, 5.41) is 0. The summed E-state index contributed by atoms with van der Waals surface area (Å²) in [5.74, 6) is 1.09. The van der Waals surface area contributed by atoms with Gasteiger partial charge in [0.1, 0.15) is 5.76 Å². The second kappa shape index (κ2) is 6.05. The maximum absolute atomic E-state index is 12.1. The Morgan fingerprint density at radius 2 is 2.22 bits per heavy atom. The van der Waals surface area contributed by atoms with Gasteiger partial charge in [0.15, 0.2) is 0 Å². The summed E-state index contributed by atoms with van der Waals surface area (Å²) in [6.45, 7) is 4.66. The van der Waals surface area contributed by atoms with Gasteiger partial charge in [-0.25, -0.2) is 0 Å². The third-order valence-corrected chi connectivity index (χ3v) is 3.66. The van der Waals surface area contributed by atoms with E-state index in [1.54, 1.807) is 6.26 Å². The fourth-order valence-corrected chi connectivity index (χ4v) is 2.50. The van der Waals surface area contributed by atoms with Crippen molar-refractivity contribution in [2.75, 3.05) is 20.1 Å². The number of carbonyl (C=O) groups is 1. The molecule has 1 saturated heterocycles. The maximum Gasteiger partial charge on any atom is 0.222 e. The summed E-state index contributed by atoms with van der Waals surface area (Å²) in [6.07, 6.45) is 4.34. The summed E-state index contributed by atoms with van der Waals surface area (Å²) < 4.78 is 5.37. The molecule has 1 aliphatic rings. The molecule has 2 heterocycles. The average molecular weight is 250 g/mol. The fraction of sp³-hybridized carbons (Fsp3) is 0.643. The molecule has 2 rings (SSSR count). The first-order valence-corrected chi connectivity index (χ1v) is 6.71. The van der Waals surface area contributed by atoms with Gasteiger partial charge >= 0.3 is 0 Å². The van der Waals surface area contributed by atoms with E-state index in [0.717, 1.165) is 31.7 Å². The number of piperidine rings is 1. The van der Waals surface area contributed by atoms with Crippen molar-refractivity contribution >= 4 is 5.91 Å².